The Hall–Kier alpha value is -1.82. The van der Waals surface area contributed by atoms with Crippen LogP contribution in [0.25, 0.3) is 10.9 Å². The molecule has 1 unspecified atom stereocenters. The second-order valence-corrected chi connectivity index (χ2v) is 5.55. The van der Waals surface area contributed by atoms with Crippen molar-refractivity contribution >= 4 is 26.8 Å². The molecule has 5 heteroatoms. The summed E-state index contributed by atoms with van der Waals surface area (Å²) < 4.78 is 14.8. The molecule has 1 aromatic heterocycles. The van der Waals surface area contributed by atoms with Gasteiger partial charge in [0.15, 0.2) is 0 Å². The van der Waals surface area contributed by atoms with Crippen LogP contribution in [0.1, 0.15) is 17.2 Å². The Balaban J connectivity index is 2.14. The lowest BCUT2D eigenvalue weighted by Gasteiger charge is -2.19. The zero-order chi connectivity index (χ0) is 14.8. The van der Waals surface area contributed by atoms with E-state index >= 15 is 0 Å². The van der Waals surface area contributed by atoms with Crippen LogP contribution in [0.15, 0.2) is 59.2 Å². The average molecular weight is 346 g/mol. The van der Waals surface area contributed by atoms with Crippen molar-refractivity contribution in [3.63, 3.8) is 0 Å². The highest BCUT2D eigenvalue weighted by Gasteiger charge is 2.20. The van der Waals surface area contributed by atoms with E-state index in [2.05, 4.69) is 26.3 Å². The molecule has 0 saturated carbocycles. The standard InChI is InChI=1S/C16H13BrFN3/c17-12-5-3-6-13(18)15(12)16(21-19)11-8-10-4-1-2-7-14(10)20-9-11/h1-9,16,21H,19H2. The van der Waals surface area contributed by atoms with Crippen LogP contribution in [-0.4, -0.2) is 4.98 Å². The lowest BCUT2D eigenvalue weighted by molar-refractivity contribution is 0.557. The highest BCUT2D eigenvalue weighted by Crippen LogP contribution is 2.31. The van der Waals surface area contributed by atoms with Crippen LogP contribution >= 0.6 is 15.9 Å². The number of nitrogens with two attached hydrogens (primary N) is 1. The number of rotatable bonds is 3. The van der Waals surface area contributed by atoms with Gasteiger partial charge < -0.3 is 0 Å². The lowest BCUT2D eigenvalue weighted by atomic mass is 9.99. The molecule has 0 saturated heterocycles. The summed E-state index contributed by atoms with van der Waals surface area (Å²) in [5, 5.41) is 0.989. The number of nitrogens with zero attached hydrogens (tertiary/aromatic N) is 1. The minimum atomic E-state index is -0.474. The number of benzene rings is 2. The molecule has 1 heterocycles. The molecule has 0 aliphatic heterocycles. The number of hydrazine groups is 1. The summed E-state index contributed by atoms with van der Waals surface area (Å²) in [5.41, 5.74) is 4.84. The minimum absolute atomic E-state index is 0.319. The topological polar surface area (TPSA) is 50.9 Å². The van der Waals surface area contributed by atoms with Crippen molar-refractivity contribution in [2.24, 2.45) is 5.84 Å². The SMILES string of the molecule is NNC(c1cnc2ccccc2c1)c1c(F)cccc1Br. The van der Waals surface area contributed by atoms with Gasteiger partial charge in [0.2, 0.25) is 0 Å². The first-order chi connectivity index (χ1) is 10.2. The molecule has 3 rings (SSSR count). The van der Waals surface area contributed by atoms with Crippen LogP contribution in [0.4, 0.5) is 4.39 Å². The summed E-state index contributed by atoms with van der Waals surface area (Å²) in [6, 6.07) is 14.1. The van der Waals surface area contributed by atoms with Crippen LogP contribution in [0.3, 0.4) is 0 Å². The Labute approximate surface area is 130 Å². The second kappa shape index (κ2) is 5.89. The summed E-state index contributed by atoms with van der Waals surface area (Å²) in [6.45, 7) is 0. The maximum Gasteiger partial charge on any atom is 0.129 e. The van der Waals surface area contributed by atoms with Gasteiger partial charge in [-0.1, -0.05) is 40.2 Å². The number of halogens is 2. The maximum atomic E-state index is 14.1. The molecule has 1 atom stereocenters. The molecule has 0 amide bonds. The molecular formula is C16H13BrFN3. The second-order valence-electron chi connectivity index (χ2n) is 4.70. The summed E-state index contributed by atoms with van der Waals surface area (Å²) in [4.78, 5) is 4.40. The van der Waals surface area contributed by atoms with Gasteiger partial charge in [-0.25, -0.2) is 9.82 Å². The third-order valence-corrected chi connectivity index (χ3v) is 4.09. The van der Waals surface area contributed by atoms with Crippen molar-refractivity contribution in [2.75, 3.05) is 0 Å². The van der Waals surface area contributed by atoms with E-state index in [9.17, 15) is 4.39 Å². The van der Waals surface area contributed by atoms with Crippen molar-refractivity contribution in [1.82, 2.24) is 10.4 Å². The van der Waals surface area contributed by atoms with E-state index in [1.807, 2.05) is 30.3 Å². The molecular weight excluding hydrogens is 333 g/mol. The summed E-state index contributed by atoms with van der Waals surface area (Å²) >= 11 is 3.38. The Bertz CT molecular complexity index is 771. The molecule has 3 nitrogen and oxygen atoms in total. The van der Waals surface area contributed by atoms with Crippen LogP contribution < -0.4 is 11.3 Å². The molecule has 21 heavy (non-hydrogen) atoms. The van der Waals surface area contributed by atoms with E-state index in [-0.39, 0.29) is 5.82 Å². The lowest BCUT2D eigenvalue weighted by Crippen LogP contribution is -2.30. The van der Waals surface area contributed by atoms with Crippen molar-refractivity contribution in [3.8, 4) is 0 Å². The van der Waals surface area contributed by atoms with Gasteiger partial charge >= 0.3 is 0 Å². The van der Waals surface area contributed by atoms with Crippen LogP contribution in [0, 0.1) is 5.82 Å². The zero-order valence-electron chi connectivity index (χ0n) is 11.1. The third kappa shape index (κ3) is 2.68. The molecule has 0 spiro atoms. The van der Waals surface area contributed by atoms with Crippen LogP contribution in [-0.2, 0) is 0 Å². The zero-order valence-corrected chi connectivity index (χ0v) is 12.6. The summed E-state index contributed by atoms with van der Waals surface area (Å²) in [6.07, 6.45) is 1.71. The van der Waals surface area contributed by atoms with Crippen molar-refractivity contribution < 1.29 is 4.39 Å². The quantitative estimate of drug-likeness (QED) is 0.562. The van der Waals surface area contributed by atoms with Gasteiger partial charge in [0.25, 0.3) is 0 Å². The van der Waals surface area contributed by atoms with Gasteiger partial charge in [0.1, 0.15) is 5.82 Å². The first-order valence-electron chi connectivity index (χ1n) is 6.45. The molecule has 106 valence electrons. The van der Waals surface area contributed by atoms with Gasteiger partial charge in [-0.15, -0.1) is 0 Å². The molecule has 2 aromatic carbocycles. The van der Waals surface area contributed by atoms with E-state index in [1.165, 1.54) is 6.07 Å². The van der Waals surface area contributed by atoms with E-state index in [4.69, 9.17) is 5.84 Å². The van der Waals surface area contributed by atoms with Crippen LogP contribution in [0.2, 0.25) is 0 Å². The molecule has 0 aliphatic rings. The average Bonchev–Trinajstić information content (AvgIpc) is 2.50. The Morgan fingerprint density at radius 1 is 1.14 bits per heavy atom. The predicted octanol–water partition coefficient (Wildman–Crippen LogP) is 3.69. The van der Waals surface area contributed by atoms with Crippen LogP contribution in [0.5, 0.6) is 0 Å². The molecule has 0 fully saturated rings. The normalized spacial score (nSPS) is 12.5. The van der Waals surface area contributed by atoms with Gasteiger partial charge in [-0.05, 0) is 29.8 Å². The molecule has 3 aromatic rings. The Morgan fingerprint density at radius 3 is 2.71 bits per heavy atom. The highest BCUT2D eigenvalue weighted by molar-refractivity contribution is 9.10. The fraction of sp³-hybridized carbons (Fsp3) is 0.0625. The number of hydrogen-bond donors (Lipinski definition) is 2. The third-order valence-electron chi connectivity index (χ3n) is 3.40. The van der Waals surface area contributed by atoms with Gasteiger partial charge in [-0.3, -0.25) is 10.8 Å². The first-order valence-corrected chi connectivity index (χ1v) is 7.24. The fourth-order valence-corrected chi connectivity index (χ4v) is 2.95. The van der Waals surface area contributed by atoms with E-state index in [1.54, 1.807) is 18.3 Å². The van der Waals surface area contributed by atoms with Gasteiger partial charge in [-0.2, -0.15) is 0 Å². The number of nitrogens with one attached hydrogen (secondary N) is 1. The summed E-state index contributed by atoms with van der Waals surface area (Å²) in [7, 11) is 0. The van der Waals surface area contributed by atoms with E-state index in [0.29, 0.717) is 10.0 Å². The van der Waals surface area contributed by atoms with Gasteiger partial charge in [0, 0.05) is 21.6 Å². The predicted molar refractivity (Wildman–Crippen MR) is 85.0 cm³/mol. The number of fused-ring (bicyclic) bond motifs is 1. The monoisotopic (exact) mass is 345 g/mol. The molecule has 0 aliphatic carbocycles. The largest absolute Gasteiger partial charge is 0.271 e. The Kier molecular flexibility index (Phi) is 3.96. The maximum absolute atomic E-state index is 14.1. The fourth-order valence-electron chi connectivity index (χ4n) is 2.38. The number of pyridine rings is 1. The van der Waals surface area contributed by atoms with E-state index in [0.717, 1.165) is 16.5 Å². The molecule has 0 radical (unpaired) electrons. The molecule has 0 bridgehead atoms. The smallest absolute Gasteiger partial charge is 0.129 e. The molecule has 3 N–H and O–H groups in total. The minimum Gasteiger partial charge on any atom is -0.271 e. The number of para-hydroxylation sites is 1. The van der Waals surface area contributed by atoms with Crippen molar-refractivity contribution in [1.29, 1.82) is 0 Å². The van der Waals surface area contributed by atoms with E-state index < -0.39 is 6.04 Å². The number of hydrogen-bond acceptors (Lipinski definition) is 3. The van der Waals surface area contributed by atoms with Gasteiger partial charge in [0.05, 0.1) is 11.6 Å². The Morgan fingerprint density at radius 2 is 1.95 bits per heavy atom. The van der Waals surface area contributed by atoms with Crippen molar-refractivity contribution in [2.45, 2.75) is 6.04 Å². The highest BCUT2D eigenvalue weighted by atomic mass is 79.9. The first kappa shape index (κ1) is 14.1. The number of aromatic nitrogens is 1. The summed E-state index contributed by atoms with van der Waals surface area (Å²) in [5.74, 6) is 5.33. The van der Waals surface area contributed by atoms with Crippen molar-refractivity contribution in [3.05, 3.63) is 76.1 Å².